The predicted octanol–water partition coefficient (Wildman–Crippen LogP) is 5.34. The van der Waals surface area contributed by atoms with Gasteiger partial charge < -0.3 is 10.1 Å². The molecular formula is C26H36N2O2. The van der Waals surface area contributed by atoms with Crippen LogP contribution < -0.4 is 10.1 Å². The van der Waals surface area contributed by atoms with Crippen LogP contribution in [0.2, 0.25) is 0 Å². The Balaban J connectivity index is 1.74. The molecule has 2 aromatic rings. The van der Waals surface area contributed by atoms with Gasteiger partial charge in [0.25, 0.3) is 5.91 Å². The molecule has 1 heterocycles. The van der Waals surface area contributed by atoms with Crippen molar-refractivity contribution < 1.29 is 9.53 Å². The molecule has 2 aromatic carbocycles. The largest absolute Gasteiger partial charge is 0.493 e. The Bertz CT molecular complexity index is 818. The number of hydrogen-bond donors (Lipinski definition) is 1. The van der Waals surface area contributed by atoms with Crippen molar-refractivity contribution in [3.05, 3.63) is 65.2 Å². The van der Waals surface area contributed by atoms with Crippen LogP contribution in [0.25, 0.3) is 0 Å². The zero-order chi connectivity index (χ0) is 21.6. The Labute approximate surface area is 181 Å². The van der Waals surface area contributed by atoms with Crippen molar-refractivity contribution in [1.82, 2.24) is 10.2 Å². The van der Waals surface area contributed by atoms with Crippen LogP contribution in [-0.2, 0) is 5.41 Å². The van der Waals surface area contributed by atoms with Gasteiger partial charge in [-0.25, -0.2) is 0 Å². The van der Waals surface area contributed by atoms with E-state index in [2.05, 4.69) is 62.2 Å². The molecule has 1 amide bonds. The Morgan fingerprint density at radius 3 is 2.37 bits per heavy atom. The van der Waals surface area contributed by atoms with Crippen molar-refractivity contribution >= 4 is 5.91 Å². The lowest BCUT2D eigenvalue weighted by atomic mass is 9.86. The van der Waals surface area contributed by atoms with Gasteiger partial charge in [-0.2, -0.15) is 0 Å². The van der Waals surface area contributed by atoms with Crippen LogP contribution >= 0.6 is 0 Å². The molecule has 1 aliphatic heterocycles. The topological polar surface area (TPSA) is 41.6 Å². The summed E-state index contributed by atoms with van der Waals surface area (Å²) in [5, 5.41) is 3.18. The monoisotopic (exact) mass is 408 g/mol. The quantitative estimate of drug-likeness (QED) is 0.641. The second-order valence-electron chi connectivity index (χ2n) is 9.19. The van der Waals surface area contributed by atoms with Crippen LogP contribution in [0.4, 0.5) is 0 Å². The lowest BCUT2D eigenvalue weighted by molar-refractivity contribution is 0.0934. The first-order valence-electron chi connectivity index (χ1n) is 11.2. The number of nitrogens with one attached hydrogen (secondary N) is 1. The summed E-state index contributed by atoms with van der Waals surface area (Å²) in [5.74, 6) is 0.585. The van der Waals surface area contributed by atoms with E-state index in [1.54, 1.807) is 0 Å². The molecule has 3 rings (SSSR count). The highest BCUT2D eigenvalue weighted by Gasteiger charge is 2.25. The van der Waals surface area contributed by atoms with Crippen LogP contribution in [0.15, 0.2) is 48.5 Å². The Hall–Kier alpha value is -2.33. The number of para-hydroxylation sites is 1. The number of nitrogens with zero attached hydrogens (tertiary/aromatic N) is 1. The van der Waals surface area contributed by atoms with Crippen molar-refractivity contribution in [2.24, 2.45) is 0 Å². The van der Waals surface area contributed by atoms with Gasteiger partial charge in [0.15, 0.2) is 0 Å². The predicted molar refractivity (Wildman–Crippen MR) is 123 cm³/mol. The van der Waals surface area contributed by atoms with E-state index in [0.29, 0.717) is 24.5 Å². The fourth-order valence-corrected chi connectivity index (χ4v) is 3.99. The van der Waals surface area contributed by atoms with Crippen molar-refractivity contribution in [3.63, 3.8) is 0 Å². The van der Waals surface area contributed by atoms with Gasteiger partial charge in [0.2, 0.25) is 0 Å². The molecule has 1 saturated heterocycles. The highest BCUT2D eigenvalue weighted by Crippen LogP contribution is 2.28. The van der Waals surface area contributed by atoms with E-state index in [1.165, 1.54) is 24.0 Å². The average Bonchev–Trinajstić information content (AvgIpc) is 3.27. The minimum Gasteiger partial charge on any atom is -0.493 e. The number of carbonyl (C=O) groups excluding carboxylic acids is 1. The van der Waals surface area contributed by atoms with E-state index in [9.17, 15) is 4.79 Å². The fraction of sp³-hybridized carbons (Fsp3) is 0.500. The van der Waals surface area contributed by atoms with E-state index in [-0.39, 0.29) is 17.4 Å². The molecule has 1 unspecified atom stereocenters. The van der Waals surface area contributed by atoms with E-state index in [1.807, 2.05) is 24.3 Å². The van der Waals surface area contributed by atoms with E-state index < -0.39 is 0 Å². The van der Waals surface area contributed by atoms with Gasteiger partial charge in [-0.15, -0.1) is 0 Å². The molecule has 0 spiro atoms. The van der Waals surface area contributed by atoms with Gasteiger partial charge >= 0.3 is 0 Å². The summed E-state index contributed by atoms with van der Waals surface area (Å²) in [4.78, 5) is 15.4. The van der Waals surface area contributed by atoms with E-state index >= 15 is 0 Å². The van der Waals surface area contributed by atoms with Crippen LogP contribution in [-0.4, -0.2) is 37.0 Å². The lowest BCUT2D eigenvalue weighted by Crippen LogP contribution is -2.37. The molecule has 0 bridgehead atoms. The number of benzene rings is 2. The molecule has 1 fully saturated rings. The first kappa shape index (κ1) is 22.4. The van der Waals surface area contributed by atoms with Gasteiger partial charge in [-0.1, -0.05) is 64.1 Å². The van der Waals surface area contributed by atoms with Crippen LogP contribution in [0.5, 0.6) is 5.75 Å². The summed E-state index contributed by atoms with van der Waals surface area (Å²) in [7, 11) is 0. The number of carbonyl (C=O) groups is 1. The third kappa shape index (κ3) is 5.63. The summed E-state index contributed by atoms with van der Waals surface area (Å²) in [6, 6.07) is 16.6. The maximum Gasteiger partial charge on any atom is 0.255 e. The average molecular weight is 409 g/mol. The normalized spacial score (nSPS) is 15.7. The zero-order valence-electron chi connectivity index (χ0n) is 18.9. The maximum absolute atomic E-state index is 13.0. The summed E-state index contributed by atoms with van der Waals surface area (Å²) in [6.07, 6.45) is 3.36. The first-order chi connectivity index (χ1) is 14.4. The van der Waals surface area contributed by atoms with Crippen molar-refractivity contribution in [2.45, 2.75) is 58.4 Å². The second kappa shape index (κ2) is 10.1. The molecule has 0 aromatic heterocycles. The number of amides is 1. The van der Waals surface area contributed by atoms with Crippen LogP contribution in [0.3, 0.4) is 0 Å². The molecule has 4 heteroatoms. The molecule has 4 nitrogen and oxygen atoms in total. The first-order valence-corrected chi connectivity index (χ1v) is 11.2. The summed E-state index contributed by atoms with van der Waals surface area (Å²) in [5.41, 5.74) is 3.34. The Kier molecular flexibility index (Phi) is 7.54. The Morgan fingerprint density at radius 1 is 1.07 bits per heavy atom. The van der Waals surface area contributed by atoms with E-state index in [4.69, 9.17) is 4.74 Å². The molecule has 1 N–H and O–H groups in total. The Morgan fingerprint density at radius 2 is 1.73 bits per heavy atom. The minimum absolute atomic E-state index is 0.0720. The molecule has 0 saturated carbocycles. The smallest absolute Gasteiger partial charge is 0.255 e. The molecular weight excluding hydrogens is 372 g/mol. The number of rotatable bonds is 8. The molecule has 1 aliphatic rings. The minimum atomic E-state index is -0.0720. The van der Waals surface area contributed by atoms with Gasteiger partial charge in [0.05, 0.1) is 18.2 Å². The van der Waals surface area contributed by atoms with Gasteiger partial charge in [0.1, 0.15) is 5.75 Å². The number of ether oxygens (including phenoxy) is 1. The van der Waals surface area contributed by atoms with Gasteiger partial charge in [0, 0.05) is 6.54 Å². The lowest BCUT2D eigenvalue weighted by Gasteiger charge is -2.29. The van der Waals surface area contributed by atoms with Crippen molar-refractivity contribution in [2.75, 3.05) is 26.2 Å². The SMILES string of the molecule is CCCOc1ccccc1C(=O)NCC(c1ccc(C(C)(C)C)cc1)N1CCCC1. The highest BCUT2D eigenvalue weighted by molar-refractivity contribution is 5.96. The molecule has 162 valence electrons. The number of likely N-dealkylation sites (tertiary alicyclic amines) is 1. The standard InChI is InChI=1S/C26H36N2O2/c1-5-18-30-24-11-7-6-10-22(24)25(29)27-19-23(28-16-8-9-17-28)20-12-14-21(15-13-20)26(2,3)4/h6-7,10-15,23H,5,8-9,16-19H2,1-4H3,(H,27,29). The van der Waals surface area contributed by atoms with E-state index in [0.717, 1.165) is 19.5 Å². The fourth-order valence-electron chi connectivity index (χ4n) is 3.99. The van der Waals surface area contributed by atoms with Gasteiger partial charge in [-0.05, 0) is 61.0 Å². The van der Waals surface area contributed by atoms with Gasteiger partial charge in [-0.3, -0.25) is 9.69 Å². The maximum atomic E-state index is 13.0. The molecule has 30 heavy (non-hydrogen) atoms. The zero-order valence-corrected chi connectivity index (χ0v) is 18.9. The summed E-state index contributed by atoms with van der Waals surface area (Å²) in [6.45, 7) is 12.1. The van der Waals surface area contributed by atoms with Crippen LogP contribution in [0, 0.1) is 0 Å². The third-order valence-corrected chi connectivity index (χ3v) is 5.79. The van der Waals surface area contributed by atoms with Crippen molar-refractivity contribution in [1.29, 1.82) is 0 Å². The molecule has 1 atom stereocenters. The molecule has 0 radical (unpaired) electrons. The third-order valence-electron chi connectivity index (χ3n) is 5.79. The summed E-state index contributed by atoms with van der Waals surface area (Å²) < 4.78 is 5.77. The highest BCUT2D eigenvalue weighted by atomic mass is 16.5. The second-order valence-corrected chi connectivity index (χ2v) is 9.19. The summed E-state index contributed by atoms with van der Waals surface area (Å²) >= 11 is 0. The molecule has 0 aliphatic carbocycles. The van der Waals surface area contributed by atoms with Crippen molar-refractivity contribution in [3.8, 4) is 5.75 Å². The number of hydrogen-bond acceptors (Lipinski definition) is 3. The van der Waals surface area contributed by atoms with Crippen LogP contribution in [0.1, 0.15) is 74.5 Å².